The van der Waals surface area contributed by atoms with E-state index in [0.717, 1.165) is 42.7 Å². The van der Waals surface area contributed by atoms with Gasteiger partial charge in [0.1, 0.15) is 5.60 Å². The van der Waals surface area contributed by atoms with E-state index in [1.807, 2.05) is 76.2 Å². The van der Waals surface area contributed by atoms with Crippen molar-refractivity contribution in [3.8, 4) is 10.6 Å². The van der Waals surface area contributed by atoms with E-state index in [4.69, 9.17) is 13.9 Å². The summed E-state index contributed by atoms with van der Waals surface area (Å²) in [4.78, 5) is 27.9. The number of esters is 1. The van der Waals surface area contributed by atoms with Crippen LogP contribution in [0.5, 0.6) is 0 Å². The Morgan fingerprint density at radius 2 is 1.41 bits per heavy atom. The zero-order valence-corrected chi connectivity index (χ0v) is 32.6. The first-order valence-electron chi connectivity index (χ1n) is 17.6. The topological polar surface area (TPSA) is 66.8 Å². The molecule has 0 aliphatic carbocycles. The fourth-order valence-corrected chi connectivity index (χ4v) is 13.0. The molecule has 2 aromatic heterocycles. The summed E-state index contributed by atoms with van der Waals surface area (Å²) in [5.41, 5.74) is 3.43. The molecule has 6 aromatic rings. The van der Waals surface area contributed by atoms with Crippen molar-refractivity contribution in [3.63, 3.8) is 0 Å². The van der Waals surface area contributed by atoms with Gasteiger partial charge in [0.15, 0.2) is 0 Å². The van der Waals surface area contributed by atoms with Crippen LogP contribution in [-0.2, 0) is 20.3 Å². The maximum atomic E-state index is 13.8. The molecule has 0 amide bonds. The Hall–Kier alpha value is -4.50. The standard InChI is InChI=1S/C43H47NO5SSi/c1-9-47-40(45)32-26-31(24-25-48-51(43(6,7)8,33-19-12-10-13-20-33)34-21-14-11-15-22-34)38-29(2)39(50-37(38)28-32)36-27-30-18-16-17-23-35(30)44(36)41(46)49-42(3,4)5/h10-23,26-28H,9,24-25H2,1-8H3. The molecule has 6 nitrogen and oxygen atoms in total. The Morgan fingerprint density at radius 1 is 0.804 bits per heavy atom. The van der Waals surface area contributed by atoms with Gasteiger partial charge in [0.2, 0.25) is 0 Å². The van der Waals surface area contributed by atoms with E-state index in [9.17, 15) is 9.59 Å². The van der Waals surface area contributed by atoms with Crippen LogP contribution < -0.4 is 10.4 Å². The summed E-state index contributed by atoms with van der Waals surface area (Å²) in [6, 6.07) is 35.0. The second kappa shape index (κ2) is 14.3. The third kappa shape index (κ3) is 7.05. The summed E-state index contributed by atoms with van der Waals surface area (Å²) in [7, 11) is -2.78. The molecule has 6 rings (SSSR count). The smallest absolute Gasteiger partial charge is 0.419 e. The van der Waals surface area contributed by atoms with E-state index >= 15 is 0 Å². The van der Waals surface area contributed by atoms with Crippen LogP contribution in [0.2, 0.25) is 5.04 Å². The van der Waals surface area contributed by atoms with Crippen molar-refractivity contribution in [2.75, 3.05) is 13.2 Å². The van der Waals surface area contributed by atoms with Gasteiger partial charge >= 0.3 is 12.1 Å². The van der Waals surface area contributed by atoms with Gasteiger partial charge in [-0.15, -0.1) is 11.3 Å². The van der Waals surface area contributed by atoms with Crippen LogP contribution in [0.1, 0.15) is 70.0 Å². The van der Waals surface area contributed by atoms with Gasteiger partial charge in [0.25, 0.3) is 8.32 Å². The largest absolute Gasteiger partial charge is 0.462 e. The Balaban J connectivity index is 1.48. The number of carbonyl (C=O) groups is 2. The first-order valence-corrected chi connectivity index (χ1v) is 20.3. The number of carbonyl (C=O) groups excluding carboxylic acids is 2. The SMILES string of the molecule is CCOC(=O)c1cc(CCO[Si](c2ccccc2)(c2ccccc2)C(C)(C)C)c2c(C)c(-c3cc4ccccc4n3C(=O)OC(C)(C)C)sc2c1. The number of aromatic nitrogens is 1. The number of fused-ring (bicyclic) bond motifs is 2. The van der Waals surface area contributed by atoms with Crippen LogP contribution in [0.15, 0.2) is 103 Å². The van der Waals surface area contributed by atoms with Crippen LogP contribution in [0.3, 0.4) is 0 Å². The number of aryl methyl sites for hydroxylation is 1. The van der Waals surface area contributed by atoms with Crippen molar-refractivity contribution in [1.29, 1.82) is 0 Å². The Labute approximate surface area is 306 Å². The lowest BCUT2D eigenvalue weighted by molar-refractivity contribution is 0.0522. The molecule has 0 radical (unpaired) electrons. The minimum atomic E-state index is -2.78. The molecule has 0 saturated carbocycles. The fourth-order valence-electron chi connectivity index (χ4n) is 7.16. The number of benzene rings is 4. The second-order valence-electron chi connectivity index (χ2n) is 15.0. The third-order valence-electron chi connectivity index (χ3n) is 9.25. The average molecular weight is 718 g/mol. The molecular weight excluding hydrogens is 671 g/mol. The van der Waals surface area contributed by atoms with Gasteiger partial charge in [-0.05, 0) is 97.2 Å². The Bertz CT molecular complexity index is 2150. The number of hydrogen-bond acceptors (Lipinski definition) is 6. The van der Waals surface area contributed by atoms with E-state index in [1.54, 1.807) is 15.9 Å². The summed E-state index contributed by atoms with van der Waals surface area (Å²) in [6.45, 7) is 17.1. The second-order valence-corrected chi connectivity index (χ2v) is 20.3. The van der Waals surface area contributed by atoms with Crippen molar-refractivity contribution in [3.05, 3.63) is 120 Å². The van der Waals surface area contributed by atoms with Crippen molar-refractivity contribution in [2.45, 2.75) is 72.5 Å². The highest BCUT2D eigenvalue weighted by atomic mass is 32.1. The lowest BCUT2D eigenvalue weighted by atomic mass is 10.00. The van der Waals surface area contributed by atoms with Crippen LogP contribution in [0, 0.1) is 6.92 Å². The van der Waals surface area contributed by atoms with Gasteiger partial charge in [0.05, 0.1) is 28.3 Å². The van der Waals surface area contributed by atoms with E-state index in [1.165, 1.54) is 10.4 Å². The first-order chi connectivity index (χ1) is 24.2. The van der Waals surface area contributed by atoms with Crippen LogP contribution in [0.25, 0.3) is 31.6 Å². The number of thiophene rings is 1. The van der Waals surface area contributed by atoms with E-state index in [0.29, 0.717) is 18.6 Å². The Morgan fingerprint density at radius 3 is 2.00 bits per heavy atom. The fraction of sp³-hybridized carbons (Fsp3) is 0.302. The predicted octanol–water partition coefficient (Wildman–Crippen LogP) is 9.91. The molecule has 2 heterocycles. The average Bonchev–Trinajstić information content (AvgIpc) is 3.64. The van der Waals surface area contributed by atoms with Gasteiger partial charge in [0, 0.05) is 16.7 Å². The lowest BCUT2D eigenvalue weighted by Crippen LogP contribution is -2.66. The van der Waals surface area contributed by atoms with Gasteiger partial charge in [-0.2, -0.15) is 0 Å². The summed E-state index contributed by atoms with van der Waals surface area (Å²) in [6.07, 6.45) is 0.155. The van der Waals surface area contributed by atoms with E-state index in [-0.39, 0.29) is 17.6 Å². The van der Waals surface area contributed by atoms with Crippen molar-refractivity contribution in [2.24, 2.45) is 0 Å². The molecule has 0 bridgehead atoms. The van der Waals surface area contributed by atoms with Crippen LogP contribution in [-0.4, -0.2) is 43.8 Å². The molecule has 0 fully saturated rings. The zero-order chi connectivity index (χ0) is 36.6. The number of rotatable bonds is 9. The molecule has 264 valence electrons. The molecule has 0 aliphatic heterocycles. The summed E-state index contributed by atoms with van der Waals surface area (Å²) in [5.74, 6) is -0.357. The van der Waals surface area contributed by atoms with Gasteiger partial charge in [-0.3, -0.25) is 0 Å². The molecule has 51 heavy (non-hydrogen) atoms. The normalized spacial score (nSPS) is 12.4. The van der Waals surface area contributed by atoms with Crippen molar-refractivity contribution in [1.82, 2.24) is 4.57 Å². The van der Waals surface area contributed by atoms with Crippen LogP contribution in [0.4, 0.5) is 4.79 Å². The van der Waals surface area contributed by atoms with E-state index < -0.39 is 20.0 Å². The van der Waals surface area contributed by atoms with Gasteiger partial charge < -0.3 is 13.9 Å². The quantitative estimate of drug-likeness (QED) is 0.110. The molecule has 4 aromatic carbocycles. The number of ether oxygens (including phenoxy) is 2. The first kappa shape index (κ1) is 36.3. The highest BCUT2D eigenvalue weighted by Gasteiger charge is 2.50. The maximum absolute atomic E-state index is 13.8. The number of hydrogen-bond donors (Lipinski definition) is 0. The minimum Gasteiger partial charge on any atom is -0.462 e. The Kier molecular flexibility index (Phi) is 10.1. The van der Waals surface area contributed by atoms with Crippen molar-refractivity contribution >= 4 is 63.1 Å². The summed E-state index contributed by atoms with van der Waals surface area (Å²) < 4.78 is 21.3. The highest BCUT2D eigenvalue weighted by Crippen LogP contribution is 2.43. The predicted molar refractivity (Wildman–Crippen MR) is 212 cm³/mol. The van der Waals surface area contributed by atoms with Gasteiger partial charge in [-0.25, -0.2) is 14.2 Å². The number of para-hydroxylation sites is 1. The molecule has 0 saturated heterocycles. The lowest BCUT2D eigenvalue weighted by Gasteiger charge is -2.43. The molecule has 0 atom stereocenters. The molecule has 0 aliphatic rings. The monoisotopic (exact) mass is 717 g/mol. The molecule has 0 spiro atoms. The molecular formula is C43H47NO5SSi. The third-order valence-corrected chi connectivity index (χ3v) is 15.6. The minimum absolute atomic E-state index is 0.168. The molecule has 8 heteroatoms. The van der Waals surface area contributed by atoms with Gasteiger partial charge in [-0.1, -0.05) is 99.6 Å². The van der Waals surface area contributed by atoms with Crippen LogP contribution >= 0.6 is 11.3 Å². The summed E-state index contributed by atoms with van der Waals surface area (Å²) >= 11 is 1.57. The number of nitrogens with zero attached hydrogens (tertiary/aromatic N) is 1. The molecule has 0 unspecified atom stereocenters. The maximum Gasteiger partial charge on any atom is 0.419 e. The highest BCUT2D eigenvalue weighted by molar-refractivity contribution is 7.22. The summed E-state index contributed by atoms with van der Waals surface area (Å²) in [5, 5.41) is 4.28. The molecule has 0 N–H and O–H groups in total. The van der Waals surface area contributed by atoms with E-state index in [2.05, 4.69) is 82.3 Å². The zero-order valence-electron chi connectivity index (χ0n) is 30.8. The van der Waals surface area contributed by atoms with Crippen molar-refractivity contribution < 1.29 is 23.5 Å².